The lowest BCUT2D eigenvalue weighted by molar-refractivity contribution is -0.145. The number of nitrogens with zero attached hydrogens (tertiary/aromatic N) is 2. The topological polar surface area (TPSA) is 53.4 Å². The van der Waals surface area contributed by atoms with Gasteiger partial charge in [-0.15, -0.1) is 0 Å². The van der Waals surface area contributed by atoms with E-state index in [0.29, 0.717) is 5.02 Å². The molecule has 1 aromatic carbocycles. The molecule has 1 fully saturated rings. The van der Waals surface area contributed by atoms with Gasteiger partial charge >= 0.3 is 5.97 Å². The minimum absolute atomic E-state index is 0.244. The Hall–Kier alpha value is -1.65. The molecule has 0 saturated carbocycles. The van der Waals surface area contributed by atoms with Gasteiger partial charge < -0.3 is 5.11 Å². The molecule has 0 amide bonds. The molecule has 21 heavy (non-hydrogen) atoms. The highest BCUT2D eigenvalue weighted by atomic mass is 35.5. The predicted octanol–water partition coefficient (Wildman–Crippen LogP) is 3.04. The first-order valence-corrected chi connectivity index (χ1v) is 7.41. The summed E-state index contributed by atoms with van der Waals surface area (Å²) in [5.74, 6) is -0.742. The standard InChI is InChI=1S/C16H17ClN2O2/c1-10(16(20)21)12-8-19(9-12)7-11-4-5-14(17)13-3-2-6-18-15(11)13/h2-6,10,12H,7-9H2,1H3,(H,20,21). The summed E-state index contributed by atoms with van der Waals surface area (Å²) in [6.45, 7) is 4.21. The molecule has 0 bridgehead atoms. The Bertz CT molecular complexity index is 683. The van der Waals surface area contributed by atoms with Crippen LogP contribution in [0.4, 0.5) is 0 Å². The zero-order valence-electron chi connectivity index (χ0n) is 11.8. The van der Waals surface area contributed by atoms with Crippen molar-refractivity contribution < 1.29 is 9.90 Å². The van der Waals surface area contributed by atoms with E-state index in [1.807, 2.05) is 24.3 Å². The molecule has 0 radical (unpaired) electrons. The van der Waals surface area contributed by atoms with Crippen LogP contribution in [0, 0.1) is 11.8 Å². The number of carboxylic acids is 1. The summed E-state index contributed by atoms with van der Waals surface area (Å²) >= 11 is 6.19. The first-order chi connectivity index (χ1) is 10.1. The highest BCUT2D eigenvalue weighted by Crippen LogP contribution is 2.29. The number of rotatable bonds is 4. The van der Waals surface area contributed by atoms with Crippen molar-refractivity contribution in [2.24, 2.45) is 11.8 Å². The molecule has 1 saturated heterocycles. The first-order valence-electron chi connectivity index (χ1n) is 7.03. The maximum atomic E-state index is 11.0. The molecule has 1 unspecified atom stereocenters. The van der Waals surface area contributed by atoms with E-state index in [4.69, 9.17) is 16.7 Å². The fourth-order valence-corrected chi connectivity index (χ4v) is 3.04. The number of carboxylic acid groups (broad SMARTS) is 1. The summed E-state index contributed by atoms with van der Waals surface area (Å²) in [5, 5.41) is 10.7. The second kappa shape index (κ2) is 5.62. The number of halogens is 1. The Morgan fingerprint density at radius 3 is 2.95 bits per heavy atom. The Kier molecular flexibility index (Phi) is 3.83. The minimum Gasteiger partial charge on any atom is -0.481 e. The van der Waals surface area contributed by atoms with Crippen molar-refractivity contribution in [2.75, 3.05) is 13.1 Å². The van der Waals surface area contributed by atoms with Crippen LogP contribution in [0.15, 0.2) is 30.5 Å². The number of hydrogen-bond donors (Lipinski definition) is 1. The van der Waals surface area contributed by atoms with Gasteiger partial charge in [-0.05, 0) is 29.7 Å². The molecule has 3 rings (SSSR count). The Labute approximate surface area is 128 Å². The minimum atomic E-state index is -0.710. The van der Waals surface area contributed by atoms with Crippen LogP contribution in [0.5, 0.6) is 0 Å². The van der Waals surface area contributed by atoms with E-state index in [0.717, 1.165) is 36.1 Å². The molecular formula is C16H17ClN2O2. The number of pyridine rings is 1. The molecule has 1 atom stereocenters. The van der Waals surface area contributed by atoms with E-state index in [1.54, 1.807) is 13.1 Å². The van der Waals surface area contributed by atoms with Crippen molar-refractivity contribution >= 4 is 28.5 Å². The third kappa shape index (κ3) is 2.74. The smallest absolute Gasteiger partial charge is 0.306 e. The van der Waals surface area contributed by atoms with Crippen molar-refractivity contribution in [3.05, 3.63) is 41.0 Å². The number of carbonyl (C=O) groups is 1. The molecule has 1 aromatic heterocycles. The highest BCUT2D eigenvalue weighted by Gasteiger charge is 2.34. The fourth-order valence-electron chi connectivity index (χ4n) is 2.82. The van der Waals surface area contributed by atoms with Gasteiger partial charge in [-0.25, -0.2) is 0 Å². The molecule has 1 N–H and O–H groups in total. The maximum Gasteiger partial charge on any atom is 0.306 e. The van der Waals surface area contributed by atoms with Crippen molar-refractivity contribution in [1.82, 2.24) is 9.88 Å². The third-order valence-electron chi connectivity index (χ3n) is 4.28. The van der Waals surface area contributed by atoms with Crippen LogP contribution < -0.4 is 0 Å². The summed E-state index contributed by atoms with van der Waals surface area (Å²) in [4.78, 5) is 17.6. The lowest BCUT2D eigenvalue weighted by atomic mass is 9.87. The Balaban J connectivity index is 1.73. The van der Waals surface area contributed by atoms with Gasteiger partial charge in [0.25, 0.3) is 0 Å². The summed E-state index contributed by atoms with van der Waals surface area (Å²) in [5.41, 5.74) is 2.07. The van der Waals surface area contributed by atoms with Crippen molar-refractivity contribution in [1.29, 1.82) is 0 Å². The average molecular weight is 305 g/mol. The van der Waals surface area contributed by atoms with E-state index in [1.165, 1.54) is 0 Å². The normalized spacial score (nSPS) is 17.6. The first kappa shape index (κ1) is 14.3. The predicted molar refractivity (Wildman–Crippen MR) is 82.3 cm³/mol. The van der Waals surface area contributed by atoms with Crippen LogP contribution in [0.25, 0.3) is 10.9 Å². The fraction of sp³-hybridized carbons (Fsp3) is 0.375. The van der Waals surface area contributed by atoms with Crippen LogP contribution >= 0.6 is 11.6 Å². The SMILES string of the molecule is CC(C(=O)O)C1CN(Cc2ccc(Cl)c3cccnc23)C1. The summed E-state index contributed by atoms with van der Waals surface area (Å²) in [6.07, 6.45) is 1.77. The number of likely N-dealkylation sites (tertiary alicyclic amines) is 1. The quantitative estimate of drug-likeness (QED) is 0.943. The molecule has 2 aromatic rings. The van der Waals surface area contributed by atoms with Gasteiger partial charge in [-0.2, -0.15) is 0 Å². The van der Waals surface area contributed by atoms with Crippen molar-refractivity contribution in [2.45, 2.75) is 13.5 Å². The molecule has 0 spiro atoms. The number of benzene rings is 1. The number of aromatic nitrogens is 1. The molecule has 4 nitrogen and oxygen atoms in total. The number of hydrogen-bond acceptors (Lipinski definition) is 3. The van der Waals surface area contributed by atoms with Crippen LogP contribution in [-0.2, 0) is 11.3 Å². The van der Waals surface area contributed by atoms with E-state index in [-0.39, 0.29) is 11.8 Å². The van der Waals surface area contributed by atoms with Crippen molar-refractivity contribution in [3.63, 3.8) is 0 Å². The molecular weight excluding hydrogens is 288 g/mol. The number of fused-ring (bicyclic) bond motifs is 1. The monoisotopic (exact) mass is 304 g/mol. The zero-order valence-corrected chi connectivity index (χ0v) is 12.5. The summed E-state index contributed by atoms with van der Waals surface area (Å²) in [6, 6.07) is 7.76. The van der Waals surface area contributed by atoms with Crippen LogP contribution in [0.2, 0.25) is 5.02 Å². The van der Waals surface area contributed by atoms with Gasteiger partial charge in [-0.1, -0.05) is 24.6 Å². The maximum absolute atomic E-state index is 11.0. The van der Waals surface area contributed by atoms with E-state index in [9.17, 15) is 4.79 Å². The zero-order chi connectivity index (χ0) is 15.0. The average Bonchev–Trinajstić information content (AvgIpc) is 2.44. The Morgan fingerprint density at radius 2 is 2.24 bits per heavy atom. The van der Waals surface area contributed by atoms with E-state index in [2.05, 4.69) is 9.88 Å². The van der Waals surface area contributed by atoms with E-state index >= 15 is 0 Å². The molecule has 1 aliphatic rings. The highest BCUT2D eigenvalue weighted by molar-refractivity contribution is 6.35. The summed E-state index contributed by atoms with van der Waals surface area (Å²) < 4.78 is 0. The number of aliphatic carboxylic acids is 1. The van der Waals surface area contributed by atoms with Crippen LogP contribution in [0.3, 0.4) is 0 Å². The lowest BCUT2D eigenvalue weighted by Gasteiger charge is -2.41. The van der Waals surface area contributed by atoms with Gasteiger partial charge in [0.05, 0.1) is 11.4 Å². The summed E-state index contributed by atoms with van der Waals surface area (Å²) in [7, 11) is 0. The van der Waals surface area contributed by atoms with Gasteiger partial charge in [0.1, 0.15) is 0 Å². The van der Waals surface area contributed by atoms with Crippen molar-refractivity contribution in [3.8, 4) is 0 Å². The third-order valence-corrected chi connectivity index (χ3v) is 4.61. The second-order valence-corrected chi connectivity index (χ2v) is 6.09. The second-order valence-electron chi connectivity index (χ2n) is 5.69. The van der Waals surface area contributed by atoms with Gasteiger partial charge in [0, 0.05) is 36.2 Å². The molecule has 2 heterocycles. The molecule has 110 valence electrons. The lowest BCUT2D eigenvalue weighted by Crippen LogP contribution is -2.50. The largest absolute Gasteiger partial charge is 0.481 e. The van der Waals surface area contributed by atoms with Crippen LogP contribution in [-0.4, -0.2) is 34.0 Å². The molecule has 0 aliphatic carbocycles. The van der Waals surface area contributed by atoms with Gasteiger partial charge in [0.2, 0.25) is 0 Å². The van der Waals surface area contributed by atoms with Gasteiger partial charge in [0.15, 0.2) is 0 Å². The van der Waals surface area contributed by atoms with Crippen LogP contribution in [0.1, 0.15) is 12.5 Å². The molecule has 5 heteroatoms. The van der Waals surface area contributed by atoms with Gasteiger partial charge in [-0.3, -0.25) is 14.7 Å². The molecule has 1 aliphatic heterocycles. The Morgan fingerprint density at radius 1 is 1.48 bits per heavy atom. The van der Waals surface area contributed by atoms with E-state index < -0.39 is 5.97 Å².